The number of aliphatic hydroxyl groups excluding tert-OH is 1. The van der Waals surface area contributed by atoms with Crippen LogP contribution in [0.5, 0.6) is 0 Å². The van der Waals surface area contributed by atoms with E-state index in [0.29, 0.717) is 17.6 Å². The van der Waals surface area contributed by atoms with Gasteiger partial charge in [0, 0.05) is 11.1 Å². The molecule has 2 fully saturated rings. The zero-order valence-electron chi connectivity index (χ0n) is 13.2. The average molecular weight is 285 g/mol. The fourth-order valence-electron chi connectivity index (χ4n) is 6.04. The zero-order chi connectivity index (χ0) is 14.8. The van der Waals surface area contributed by atoms with Crippen molar-refractivity contribution in [3.8, 4) is 0 Å². The van der Waals surface area contributed by atoms with E-state index < -0.39 is 0 Å². The van der Waals surface area contributed by atoms with Crippen molar-refractivity contribution in [2.45, 2.75) is 46.0 Å². The molecule has 6 atom stereocenters. The molecule has 0 saturated heterocycles. The van der Waals surface area contributed by atoms with Crippen molar-refractivity contribution < 1.29 is 5.11 Å². The lowest BCUT2D eigenvalue weighted by molar-refractivity contribution is -0.0569. The van der Waals surface area contributed by atoms with E-state index in [2.05, 4.69) is 38.2 Å². The van der Waals surface area contributed by atoms with Crippen LogP contribution in [0.3, 0.4) is 0 Å². The van der Waals surface area contributed by atoms with Crippen LogP contribution in [0, 0.1) is 34.5 Å². The Kier molecular flexibility index (Phi) is 2.68. The summed E-state index contributed by atoms with van der Waals surface area (Å²) in [5, 5.41) is 10.3. The van der Waals surface area contributed by atoms with E-state index in [-0.39, 0.29) is 10.8 Å². The van der Waals surface area contributed by atoms with Gasteiger partial charge in [-0.1, -0.05) is 26.0 Å². The summed E-state index contributed by atoms with van der Waals surface area (Å²) >= 11 is 0. The van der Waals surface area contributed by atoms with E-state index in [4.69, 9.17) is 5.73 Å². The van der Waals surface area contributed by atoms with Gasteiger partial charge < -0.3 is 10.8 Å². The van der Waals surface area contributed by atoms with Crippen molar-refractivity contribution >= 4 is 0 Å². The second-order valence-electron chi connectivity index (χ2n) is 8.21. The van der Waals surface area contributed by atoms with E-state index in [1.165, 1.54) is 19.3 Å². The van der Waals surface area contributed by atoms with Gasteiger partial charge in [0.15, 0.2) is 0 Å². The number of nitrogens with two attached hydrogens (primary N) is 1. The van der Waals surface area contributed by atoms with Gasteiger partial charge in [-0.15, -0.1) is 0 Å². The second-order valence-corrected chi connectivity index (χ2v) is 8.21. The van der Waals surface area contributed by atoms with Crippen LogP contribution in [0.25, 0.3) is 0 Å². The Hall–Kier alpha value is -1.18. The molecule has 0 spiro atoms. The van der Waals surface area contributed by atoms with Gasteiger partial charge in [-0.25, -0.2) is 0 Å². The number of allylic oxidation sites excluding steroid dienone is 5. The fourth-order valence-corrected chi connectivity index (χ4v) is 6.04. The van der Waals surface area contributed by atoms with E-state index >= 15 is 0 Å². The molecule has 0 bridgehead atoms. The number of hydrogen-bond acceptors (Lipinski definition) is 2. The molecule has 2 heteroatoms. The van der Waals surface area contributed by atoms with Crippen LogP contribution < -0.4 is 5.73 Å². The van der Waals surface area contributed by atoms with E-state index in [0.717, 1.165) is 30.4 Å². The summed E-state index contributed by atoms with van der Waals surface area (Å²) in [6.07, 6.45) is 14.9. The highest BCUT2D eigenvalue weighted by Crippen LogP contribution is 2.64. The van der Waals surface area contributed by atoms with Gasteiger partial charge in [-0.05, 0) is 73.3 Å². The number of aliphatic hydroxyl groups is 1. The van der Waals surface area contributed by atoms with Crippen LogP contribution >= 0.6 is 0 Å². The molecule has 114 valence electrons. The quantitative estimate of drug-likeness (QED) is 0.696. The standard InChI is InChI=1S/C19H27NO/c1-18-9-7-13(20)11-12(18)3-4-14-15-5-6-17(21)19(15,2)10-8-16(14)18/h6-7,9,11-12,14-16,21H,3-5,8,10,20H2,1-2H3/t12-,14+,15+,16+,18+,19+/m1/s1. The topological polar surface area (TPSA) is 46.2 Å². The van der Waals surface area contributed by atoms with Crippen molar-refractivity contribution in [2.75, 3.05) is 0 Å². The molecule has 0 heterocycles. The highest BCUT2D eigenvalue weighted by molar-refractivity contribution is 5.30. The maximum absolute atomic E-state index is 10.3. The highest BCUT2D eigenvalue weighted by Gasteiger charge is 2.57. The number of rotatable bonds is 0. The molecule has 0 aromatic rings. The first-order valence-corrected chi connectivity index (χ1v) is 8.51. The minimum absolute atomic E-state index is 0.0532. The second kappa shape index (κ2) is 4.18. The van der Waals surface area contributed by atoms with Gasteiger partial charge in [0.05, 0.1) is 5.76 Å². The van der Waals surface area contributed by atoms with Gasteiger partial charge >= 0.3 is 0 Å². The first kappa shape index (κ1) is 13.5. The molecule has 2 saturated carbocycles. The van der Waals surface area contributed by atoms with Gasteiger partial charge in [0.25, 0.3) is 0 Å². The molecule has 0 aromatic carbocycles. The summed E-state index contributed by atoms with van der Waals surface area (Å²) in [6, 6.07) is 0. The number of hydrogen-bond donors (Lipinski definition) is 2. The van der Waals surface area contributed by atoms with Gasteiger partial charge in [0.2, 0.25) is 0 Å². The first-order valence-electron chi connectivity index (χ1n) is 8.51. The molecule has 4 aliphatic carbocycles. The molecule has 2 nitrogen and oxygen atoms in total. The smallest absolute Gasteiger partial charge is 0.0944 e. The predicted octanol–water partition coefficient (Wildman–Crippen LogP) is 4.31. The summed E-state index contributed by atoms with van der Waals surface area (Å²) in [5.74, 6) is 3.42. The van der Waals surface area contributed by atoms with Crippen molar-refractivity contribution in [3.63, 3.8) is 0 Å². The summed E-state index contributed by atoms with van der Waals surface area (Å²) < 4.78 is 0. The largest absolute Gasteiger partial charge is 0.512 e. The first-order chi connectivity index (χ1) is 9.95. The third-order valence-corrected chi connectivity index (χ3v) is 7.41. The maximum atomic E-state index is 10.3. The van der Waals surface area contributed by atoms with Crippen molar-refractivity contribution in [2.24, 2.45) is 40.2 Å². The zero-order valence-corrected chi connectivity index (χ0v) is 13.2. The fraction of sp³-hybridized carbons (Fsp3) is 0.684. The third kappa shape index (κ3) is 1.65. The normalized spacial score (nSPS) is 51.5. The molecule has 0 aromatic heterocycles. The third-order valence-electron chi connectivity index (χ3n) is 7.41. The Morgan fingerprint density at radius 1 is 1.19 bits per heavy atom. The van der Waals surface area contributed by atoms with Crippen LogP contribution in [-0.2, 0) is 0 Å². The van der Waals surface area contributed by atoms with Crippen LogP contribution in [0.4, 0.5) is 0 Å². The Balaban J connectivity index is 1.68. The summed E-state index contributed by atoms with van der Waals surface area (Å²) in [5.41, 5.74) is 7.29. The number of fused-ring (bicyclic) bond motifs is 5. The molecule has 0 amide bonds. The van der Waals surface area contributed by atoms with Crippen molar-refractivity contribution in [1.29, 1.82) is 0 Å². The molecule has 21 heavy (non-hydrogen) atoms. The highest BCUT2D eigenvalue weighted by atomic mass is 16.3. The summed E-state index contributed by atoms with van der Waals surface area (Å²) in [7, 11) is 0. The molecule has 4 rings (SSSR count). The Morgan fingerprint density at radius 2 is 2.00 bits per heavy atom. The van der Waals surface area contributed by atoms with Crippen LogP contribution in [0.1, 0.15) is 46.0 Å². The molecule has 4 aliphatic rings. The van der Waals surface area contributed by atoms with Crippen LogP contribution in [0.15, 0.2) is 35.8 Å². The molecular weight excluding hydrogens is 258 g/mol. The van der Waals surface area contributed by atoms with E-state index in [9.17, 15) is 5.11 Å². The summed E-state index contributed by atoms with van der Waals surface area (Å²) in [6.45, 7) is 4.73. The molecule has 0 aliphatic heterocycles. The average Bonchev–Trinajstić information content (AvgIpc) is 2.76. The van der Waals surface area contributed by atoms with Crippen molar-refractivity contribution in [3.05, 3.63) is 35.8 Å². The Morgan fingerprint density at radius 3 is 2.81 bits per heavy atom. The molecule has 3 N–H and O–H groups in total. The van der Waals surface area contributed by atoms with Gasteiger partial charge in [-0.3, -0.25) is 0 Å². The Bertz CT molecular complexity index is 560. The lowest BCUT2D eigenvalue weighted by atomic mass is 9.47. The minimum Gasteiger partial charge on any atom is -0.512 e. The van der Waals surface area contributed by atoms with Crippen molar-refractivity contribution in [1.82, 2.24) is 0 Å². The molecule has 0 radical (unpaired) electrons. The predicted molar refractivity (Wildman–Crippen MR) is 85.4 cm³/mol. The maximum Gasteiger partial charge on any atom is 0.0944 e. The SMILES string of the molecule is C[C@]12C=CC(N)=C[C@H]1CC[C@@H]1[C@@H]2CC[C@]2(C)C(O)=CC[C@@H]12. The Labute approximate surface area is 127 Å². The van der Waals surface area contributed by atoms with Crippen LogP contribution in [0.2, 0.25) is 0 Å². The van der Waals surface area contributed by atoms with Gasteiger partial charge in [0.1, 0.15) is 0 Å². The van der Waals surface area contributed by atoms with E-state index in [1.807, 2.05) is 0 Å². The lowest BCUT2D eigenvalue weighted by Crippen LogP contribution is -2.51. The lowest BCUT2D eigenvalue weighted by Gasteiger charge is -2.57. The monoisotopic (exact) mass is 285 g/mol. The molecular formula is C19H27NO. The summed E-state index contributed by atoms with van der Waals surface area (Å²) in [4.78, 5) is 0. The van der Waals surface area contributed by atoms with Crippen LogP contribution in [-0.4, -0.2) is 5.11 Å². The van der Waals surface area contributed by atoms with Gasteiger partial charge in [-0.2, -0.15) is 0 Å². The molecule has 0 unspecified atom stereocenters. The minimum atomic E-state index is 0.0532. The van der Waals surface area contributed by atoms with E-state index in [1.54, 1.807) is 0 Å².